The van der Waals surface area contributed by atoms with Crippen molar-refractivity contribution in [2.45, 2.75) is 19.4 Å². The number of carbonyl (C=O) groups is 2. The lowest BCUT2D eigenvalue weighted by molar-refractivity contribution is -0.118. The molecule has 6 nitrogen and oxygen atoms in total. The van der Waals surface area contributed by atoms with Crippen molar-refractivity contribution in [3.63, 3.8) is 0 Å². The minimum atomic E-state index is -0.327. The topological polar surface area (TPSA) is 62.6 Å². The summed E-state index contributed by atoms with van der Waals surface area (Å²) in [6.45, 7) is 2.46. The van der Waals surface area contributed by atoms with Crippen LogP contribution in [0, 0.1) is 0 Å². The number of pyridine rings is 1. The van der Waals surface area contributed by atoms with Crippen molar-refractivity contribution in [3.8, 4) is 0 Å². The van der Waals surface area contributed by atoms with E-state index in [1.54, 1.807) is 19.0 Å². The van der Waals surface area contributed by atoms with Crippen molar-refractivity contribution < 1.29 is 9.59 Å². The summed E-state index contributed by atoms with van der Waals surface area (Å²) in [5.41, 5.74) is 1.94. The van der Waals surface area contributed by atoms with Crippen molar-refractivity contribution in [2.75, 3.05) is 25.5 Å². The van der Waals surface area contributed by atoms with Gasteiger partial charge < -0.3 is 14.4 Å². The molecule has 0 unspecified atom stereocenters. The van der Waals surface area contributed by atoms with E-state index in [4.69, 9.17) is 0 Å². The highest BCUT2D eigenvalue weighted by atomic mass is 16.2. The second kappa shape index (κ2) is 9.89. The first-order valence-corrected chi connectivity index (χ1v) is 10.2. The van der Waals surface area contributed by atoms with Crippen molar-refractivity contribution in [1.82, 2.24) is 9.47 Å². The minimum Gasteiger partial charge on any atom is -0.341 e. The lowest BCUT2D eigenvalue weighted by atomic mass is 10.0. The summed E-state index contributed by atoms with van der Waals surface area (Å²) in [5, 5.41) is 0. The summed E-state index contributed by atoms with van der Waals surface area (Å²) in [7, 11) is 3.40. The molecule has 3 rings (SSSR count). The van der Waals surface area contributed by atoms with Gasteiger partial charge in [0.25, 0.3) is 11.5 Å². The number of hydrogen-bond donors (Lipinski definition) is 0. The highest BCUT2D eigenvalue weighted by Crippen LogP contribution is 2.17. The Balaban J connectivity index is 1.71. The fourth-order valence-corrected chi connectivity index (χ4v) is 3.43. The van der Waals surface area contributed by atoms with Crippen LogP contribution in [0.15, 0.2) is 83.8 Å². The van der Waals surface area contributed by atoms with E-state index in [-0.39, 0.29) is 29.8 Å². The van der Waals surface area contributed by atoms with Crippen molar-refractivity contribution in [2.24, 2.45) is 0 Å². The zero-order valence-corrected chi connectivity index (χ0v) is 18.1. The zero-order valence-electron chi connectivity index (χ0n) is 18.1. The molecule has 0 aliphatic heterocycles. The van der Waals surface area contributed by atoms with E-state index in [1.165, 1.54) is 27.8 Å². The van der Waals surface area contributed by atoms with Gasteiger partial charge in [-0.3, -0.25) is 14.4 Å². The lowest BCUT2D eigenvalue weighted by Crippen LogP contribution is -2.35. The van der Waals surface area contributed by atoms with Gasteiger partial charge in [0.05, 0.1) is 5.56 Å². The maximum absolute atomic E-state index is 12.9. The molecule has 0 aliphatic rings. The molecule has 6 heteroatoms. The maximum atomic E-state index is 12.9. The third-order valence-corrected chi connectivity index (χ3v) is 5.32. The number of nitrogens with zero attached hydrogens (tertiary/aromatic N) is 3. The Kier molecular flexibility index (Phi) is 7.03. The summed E-state index contributed by atoms with van der Waals surface area (Å²) < 4.78 is 1.28. The van der Waals surface area contributed by atoms with Gasteiger partial charge in [-0.05, 0) is 29.7 Å². The van der Waals surface area contributed by atoms with E-state index >= 15 is 0 Å². The van der Waals surface area contributed by atoms with Crippen LogP contribution in [0.2, 0.25) is 0 Å². The molecule has 0 fully saturated rings. The monoisotopic (exact) mass is 417 g/mol. The Bertz CT molecular complexity index is 1090. The summed E-state index contributed by atoms with van der Waals surface area (Å²) in [5.74, 6) is -0.272. The SMILES string of the molecule is C[C@H](CN(C)C(=O)c1ccc(=O)n(CC(=O)N(C)c2ccccc2)c1)c1ccccc1. The molecule has 0 radical (unpaired) electrons. The first-order valence-electron chi connectivity index (χ1n) is 10.2. The molecule has 0 saturated carbocycles. The van der Waals surface area contributed by atoms with Crippen LogP contribution in [0.1, 0.15) is 28.8 Å². The van der Waals surface area contributed by atoms with Crippen LogP contribution in [0.3, 0.4) is 0 Å². The fraction of sp³-hybridized carbons (Fsp3) is 0.240. The number of rotatable bonds is 7. The molecule has 0 aliphatic carbocycles. The molecular formula is C25H27N3O3. The van der Waals surface area contributed by atoms with Gasteiger partial charge in [0.1, 0.15) is 6.54 Å². The van der Waals surface area contributed by atoms with Crippen LogP contribution >= 0.6 is 0 Å². The Morgan fingerprint density at radius 1 is 0.903 bits per heavy atom. The summed E-state index contributed by atoms with van der Waals surface area (Å²) in [6.07, 6.45) is 1.46. The highest BCUT2D eigenvalue weighted by molar-refractivity contribution is 5.94. The van der Waals surface area contributed by atoms with E-state index in [2.05, 4.69) is 6.92 Å². The average molecular weight is 418 g/mol. The average Bonchev–Trinajstić information content (AvgIpc) is 2.80. The second-order valence-electron chi connectivity index (χ2n) is 7.67. The quantitative estimate of drug-likeness (QED) is 0.592. The number of benzene rings is 2. The number of aromatic nitrogens is 1. The predicted octanol–water partition coefficient (Wildman–Crippen LogP) is 3.39. The van der Waals surface area contributed by atoms with Gasteiger partial charge in [-0.15, -0.1) is 0 Å². The van der Waals surface area contributed by atoms with Crippen LogP contribution in [0.5, 0.6) is 0 Å². The van der Waals surface area contributed by atoms with Gasteiger partial charge in [0.15, 0.2) is 0 Å². The smallest absolute Gasteiger partial charge is 0.255 e. The third-order valence-electron chi connectivity index (χ3n) is 5.32. The molecule has 1 heterocycles. The van der Waals surface area contributed by atoms with E-state index in [9.17, 15) is 14.4 Å². The highest BCUT2D eigenvalue weighted by Gasteiger charge is 2.18. The first kappa shape index (κ1) is 22.0. The molecular weight excluding hydrogens is 390 g/mol. The van der Waals surface area contributed by atoms with E-state index in [1.807, 2.05) is 60.7 Å². The minimum absolute atomic E-state index is 0.143. The molecule has 2 amide bonds. The van der Waals surface area contributed by atoms with E-state index in [0.29, 0.717) is 12.1 Å². The summed E-state index contributed by atoms with van der Waals surface area (Å²) in [4.78, 5) is 41.0. The molecule has 0 saturated heterocycles. The normalized spacial score (nSPS) is 11.6. The van der Waals surface area contributed by atoms with Crippen molar-refractivity contribution in [1.29, 1.82) is 0 Å². The van der Waals surface area contributed by atoms with Crippen LogP contribution in [0.25, 0.3) is 0 Å². The number of hydrogen-bond acceptors (Lipinski definition) is 3. The summed E-state index contributed by atoms with van der Waals surface area (Å²) in [6, 6.07) is 22.0. The molecule has 0 N–H and O–H groups in total. The van der Waals surface area contributed by atoms with Gasteiger partial charge in [0, 0.05) is 38.6 Å². The molecule has 31 heavy (non-hydrogen) atoms. The number of amides is 2. The number of likely N-dealkylation sites (N-methyl/N-ethyl adjacent to an activating group) is 2. The molecule has 0 bridgehead atoms. The van der Waals surface area contributed by atoms with Gasteiger partial charge in [0.2, 0.25) is 5.91 Å². The Morgan fingerprint density at radius 2 is 1.52 bits per heavy atom. The van der Waals surface area contributed by atoms with Gasteiger partial charge in [-0.1, -0.05) is 55.5 Å². The largest absolute Gasteiger partial charge is 0.341 e. The lowest BCUT2D eigenvalue weighted by Gasteiger charge is -2.22. The van der Waals surface area contributed by atoms with Crippen LogP contribution < -0.4 is 10.5 Å². The molecule has 3 aromatic rings. The standard InChI is InChI=1S/C25H27N3O3/c1-19(20-10-6-4-7-11-20)16-26(2)25(31)21-14-15-23(29)28(17-21)18-24(30)27(3)22-12-8-5-9-13-22/h4-15,17,19H,16,18H2,1-3H3/t19-/m1/s1. The number of para-hydroxylation sites is 1. The van der Waals surface area contributed by atoms with Gasteiger partial charge >= 0.3 is 0 Å². The van der Waals surface area contributed by atoms with Crippen molar-refractivity contribution >= 4 is 17.5 Å². The second-order valence-corrected chi connectivity index (χ2v) is 7.67. The predicted molar refractivity (Wildman–Crippen MR) is 122 cm³/mol. The van der Waals surface area contributed by atoms with Crippen LogP contribution in [-0.2, 0) is 11.3 Å². The molecule has 0 spiro atoms. The molecule has 1 atom stereocenters. The Morgan fingerprint density at radius 3 is 2.16 bits per heavy atom. The zero-order chi connectivity index (χ0) is 22.4. The Labute approximate surface area is 182 Å². The Hall–Kier alpha value is -3.67. The van der Waals surface area contributed by atoms with Crippen LogP contribution in [0.4, 0.5) is 5.69 Å². The number of carbonyl (C=O) groups excluding carboxylic acids is 2. The number of anilines is 1. The fourth-order valence-electron chi connectivity index (χ4n) is 3.43. The van der Waals surface area contributed by atoms with Gasteiger partial charge in [-0.2, -0.15) is 0 Å². The molecule has 1 aromatic heterocycles. The maximum Gasteiger partial charge on any atom is 0.255 e. The van der Waals surface area contributed by atoms with Crippen LogP contribution in [-0.4, -0.2) is 41.9 Å². The molecule has 160 valence electrons. The van der Waals surface area contributed by atoms with E-state index in [0.717, 1.165) is 11.3 Å². The van der Waals surface area contributed by atoms with Crippen molar-refractivity contribution in [3.05, 3.63) is 100 Å². The van der Waals surface area contributed by atoms with E-state index < -0.39 is 0 Å². The molecule has 2 aromatic carbocycles. The van der Waals surface area contributed by atoms with Gasteiger partial charge in [-0.25, -0.2) is 0 Å². The third kappa shape index (κ3) is 5.48. The first-order chi connectivity index (χ1) is 14.9. The summed E-state index contributed by atoms with van der Waals surface area (Å²) >= 11 is 0.